The lowest BCUT2D eigenvalue weighted by Gasteiger charge is -2.17. The van der Waals surface area contributed by atoms with Crippen molar-refractivity contribution in [3.63, 3.8) is 0 Å². The maximum Gasteiger partial charge on any atom is 0.456 e. The monoisotopic (exact) mass is 204 g/mol. The highest BCUT2D eigenvalue weighted by Gasteiger charge is 2.70. The van der Waals surface area contributed by atoms with E-state index in [9.17, 15) is 22.0 Å². The molecule has 1 heterocycles. The molecule has 1 saturated heterocycles. The Morgan fingerprint density at radius 3 is 2.08 bits per heavy atom. The molecule has 0 radical (unpaired) electrons. The van der Waals surface area contributed by atoms with E-state index in [4.69, 9.17) is 0 Å². The maximum atomic E-state index is 12.4. The normalized spacial score (nSPS) is 29.1. The highest BCUT2D eigenvalue weighted by Crippen LogP contribution is 2.48. The molecule has 0 aliphatic carbocycles. The van der Waals surface area contributed by atoms with E-state index in [0.717, 1.165) is 0 Å². The summed E-state index contributed by atoms with van der Waals surface area (Å²) in [5, 5.41) is 0. The lowest BCUT2D eigenvalue weighted by atomic mass is 10.1. The summed E-state index contributed by atoms with van der Waals surface area (Å²) in [5.41, 5.74) is 0. The van der Waals surface area contributed by atoms with Gasteiger partial charge in [-0.1, -0.05) is 13.3 Å². The van der Waals surface area contributed by atoms with Crippen LogP contribution in [0.5, 0.6) is 0 Å². The van der Waals surface area contributed by atoms with E-state index < -0.39 is 24.3 Å². The predicted octanol–water partition coefficient (Wildman–Crippen LogP) is 2.75. The minimum absolute atomic E-state index is 0.246. The highest BCUT2D eigenvalue weighted by molar-refractivity contribution is 4.99. The average Bonchev–Trinajstić information content (AvgIpc) is 2.66. The van der Waals surface area contributed by atoms with Gasteiger partial charge in [0.2, 0.25) is 0 Å². The van der Waals surface area contributed by atoms with Crippen molar-refractivity contribution in [3.05, 3.63) is 0 Å². The standard InChI is InChI=1S/C7H9F5O/c1-2-3-4-5(13-4)6(8,9)7(10,11)12/h4-5H,2-3H2,1H3. The van der Waals surface area contributed by atoms with Crippen molar-refractivity contribution in [1.29, 1.82) is 0 Å². The first-order chi connectivity index (χ1) is 5.80. The summed E-state index contributed by atoms with van der Waals surface area (Å²) in [5.74, 6) is -4.70. The summed E-state index contributed by atoms with van der Waals surface area (Å²) in [7, 11) is 0. The van der Waals surface area contributed by atoms with Crippen molar-refractivity contribution in [3.8, 4) is 0 Å². The molecule has 1 aliphatic rings. The predicted molar refractivity (Wildman–Crippen MR) is 34.6 cm³/mol. The highest BCUT2D eigenvalue weighted by atomic mass is 19.4. The van der Waals surface area contributed by atoms with Crippen molar-refractivity contribution in [1.82, 2.24) is 0 Å². The van der Waals surface area contributed by atoms with Gasteiger partial charge in [0.05, 0.1) is 6.10 Å². The number of hydrogen-bond donors (Lipinski definition) is 0. The van der Waals surface area contributed by atoms with Crippen LogP contribution < -0.4 is 0 Å². The van der Waals surface area contributed by atoms with Gasteiger partial charge < -0.3 is 4.74 Å². The Labute approximate surface area is 71.9 Å². The molecule has 0 saturated carbocycles. The fourth-order valence-corrected chi connectivity index (χ4v) is 1.13. The van der Waals surface area contributed by atoms with Crippen LogP contribution in [0.4, 0.5) is 22.0 Å². The Morgan fingerprint density at radius 2 is 1.69 bits per heavy atom. The van der Waals surface area contributed by atoms with Crippen LogP contribution in [-0.4, -0.2) is 24.3 Å². The maximum absolute atomic E-state index is 12.4. The average molecular weight is 204 g/mol. The Kier molecular flexibility index (Phi) is 2.53. The van der Waals surface area contributed by atoms with Crippen LogP contribution in [0.15, 0.2) is 0 Å². The van der Waals surface area contributed by atoms with E-state index in [1.807, 2.05) is 0 Å². The molecule has 0 aromatic rings. The van der Waals surface area contributed by atoms with Crippen molar-refractivity contribution in [2.45, 2.75) is 44.1 Å². The molecule has 1 fully saturated rings. The van der Waals surface area contributed by atoms with Crippen molar-refractivity contribution >= 4 is 0 Å². The molecule has 0 N–H and O–H groups in total. The zero-order valence-electron chi connectivity index (χ0n) is 6.87. The molecule has 0 bridgehead atoms. The van der Waals surface area contributed by atoms with Gasteiger partial charge in [-0.25, -0.2) is 0 Å². The van der Waals surface area contributed by atoms with Crippen LogP contribution in [0.1, 0.15) is 19.8 Å². The molecular formula is C7H9F5O. The molecule has 1 rings (SSSR count). The van der Waals surface area contributed by atoms with E-state index >= 15 is 0 Å². The molecule has 0 aromatic carbocycles. The Morgan fingerprint density at radius 1 is 1.15 bits per heavy atom. The quantitative estimate of drug-likeness (QED) is 0.508. The van der Waals surface area contributed by atoms with Crippen LogP contribution >= 0.6 is 0 Å². The van der Waals surface area contributed by atoms with Gasteiger partial charge in [0.1, 0.15) is 0 Å². The van der Waals surface area contributed by atoms with Gasteiger partial charge in [0.25, 0.3) is 0 Å². The summed E-state index contributed by atoms with van der Waals surface area (Å²) >= 11 is 0. The minimum Gasteiger partial charge on any atom is -0.363 e. The smallest absolute Gasteiger partial charge is 0.363 e. The summed E-state index contributed by atoms with van der Waals surface area (Å²) in [6, 6.07) is 0. The van der Waals surface area contributed by atoms with Gasteiger partial charge >= 0.3 is 12.1 Å². The minimum atomic E-state index is -5.50. The van der Waals surface area contributed by atoms with E-state index in [0.29, 0.717) is 6.42 Å². The van der Waals surface area contributed by atoms with Gasteiger partial charge in [0.15, 0.2) is 6.10 Å². The summed E-state index contributed by atoms with van der Waals surface area (Å²) in [4.78, 5) is 0. The molecule has 1 aliphatic heterocycles. The fourth-order valence-electron chi connectivity index (χ4n) is 1.13. The van der Waals surface area contributed by atoms with Crippen molar-refractivity contribution in [2.75, 3.05) is 0 Å². The van der Waals surface area contributed by atoms with E-state index in [-0.39, 0.29) is 6.42 Å². The molecule has 2 atom stereocenters. The van der Waals surface area contributed by atoms with Crippen molar-refractivity contribution < 1.29 is 26.7 Å². The summed E-state index contributed by atoms with van der Waals surface area (Å²) < 4.78 is 64.3. The first-order valence-electron chi connectivity index (χ1n) is 3.90. The molecule has 1 nitrogen and oxygen atoms in total. The zero-order valence-corrected chi connectivity index (χ0v) is 6.87. The van der Waals surface area contributed by atoms with Crippen LogP contribution in [0.3, 0.4) is 0 Å². The zero-order chi connectivity index (χ0) is 10.3. The van der Waals surface area contributed by atoms with Gasteiger partial charge in [0, 0.05) is 0 Å². The third-order valence-electron chi connectivity index (χ3n) is 1.89. The number of alkyl halides is 5. The molecule has 0 aromatic heterocycles. The van der Waals surface area contributed by atoms with E-state index in [2.05, 4.69) is 4.74 Å². The molecule has 6 heteroatoms. The van der Waals surface area contributed by atoms with Gasteiger partial charge in [-0.05, 0) is 6.42 Å². The van der Waals surface area contributed by atoms with Crippen molar-refractivity contribution in [2.24, 2.45) is 0 Å². The van der Waals surface area contributed by atoms with Crippen LogP contribution in [0.2, 0.25) is 0 Å². The first-order valence-corrected chi connectivity index (χ1v) is 3.90. The van der Waals surface area contributed by atoms with E-state index in [1.165, 1.54) is 0 Å². The Balaban J connectivity index is 2.54. The Bertz CT molecular complexity index is 188. The molecule has 0 spiro atoms. The van der Waals surface area contributed by atoms with Gasteiger partial charge in [-0.3, -0.25) is 0 Å². The first kappa shape index (κ1) is 10.7. The van der Waals surface area contributed by atoms with E-state index in [1.54, 1.807) is 6.92 Å². The third kappa shape index (κ3) is 1.92. The SMILES string of the molecule is CCCC1OC1C(F)(F)C(F)(F)F. The van der Waals surface area contributed by atoms with Crippen LogP contribution in [-0.2, 0) is 4.74 Å². The second-order valence-corrected chi connectivity index (χ2v) is 3.00. The molecule has 13 heavy (non-hydrogen) atoms. The van der Waals surface area contributed by atoms with Crippen LogP contribution in [0.25, 0.3) is 0 Å². The summed E-state index contributed by atoms with van der Waals surface area (Å²) in [6.07, 6.45) is -7.61. The topological polar surface area (TPSA) is 12.5 Å². The second-order valence-electron chi connectivity index (χ2n) is 3.00. The molecule has 0 amide bonds. The largest absolute Gasteiger partial charge is 0.456 e. The molecule has 78 valence electrons. The fraction of sp³-hybridized carbons (Fsp3) is 1.00. The summed E-state index contributed by atoms with van der Waals surface area (Å²) in [6.45, 7) is 1.70. The number of hydrogen-bond acceptors (Lipinski definition) is 1. The lowest BCUT2D eigenvalue weighted by molar-refractivity contribution is -0.288. The lowest BCUT2D eigenvalue weighted by Crippen LogP contribution is -2.42. The second kappa shape index (κ2) is 3.08. The molecular weight excluding hydrogens is 195 g/mol. The Hall–Kier alpha value is -0.390. The number of epoxide rings is 1. The third-order valence-corrected chi connectivity index (χ3v) is 1.89. The van der Waals surface area contributed by atoms with Gasteiger partial charge in [-0.15, -0.1) is 0 Å². The van der Waals surface area contributed by atoms with Crippen LogP contribution in [0, 0.1) is 0 Å². The molecule has 2 unspecified atom stereocenters. The number of halogens is 5. The number of ether oxygens (including phenoxy) is 1. The number of rotatable bonds is 3. The van der Waals surface area contributed by atoms with Gasteiger partial charge in [-0.2, -0.15) is 22.0 Å².